The third-order valence-corrected chi connectivity index (χ3v) is 6.62. The van der Waals surface area contributed by atoms with E-state index in [1.165, 1.54) is 41.9 Å². The molecule has 6 nitrogen and oxygen atoms in total. The molecule has 9 heteroatoms. The van der Waals surface area contributed by atoms with E-state index < -0.39 is 15.9 Å². The number of carbonyl (C=O) groups excluding carboxylic acids is 1. The standard InChI is InChI=1S/C19H16Cl2N2O4S/c1-23(12-14-4-3-11-27-14)28(25,26)15-9-7-13(8-10-15)19(24)22-17-6-2-5-16(20)18(17)21/h2-11H,12H2,1H3,(H,22,24). The first kappa shape index (κ1) is 20.4. The van der Waals surface area contributed by atoms with Crippen molar-refractivity contribution < 1.29 is 17.6 Å². The van der Waals surface area contributed by atoms with Crippen LogP contribution in [0.25, 0.3) is 0 Å². The minimum atomic E-state index is -3.73. The van der Waals surface area contributed by atoms with Gasteiger partial charge in [-0.2, -0.15) is 4.31 Å². The highest BCUT2D eigenvalue weighted by Gasteiger charge is 2.22. The van der Waals surface area contributed by atoms with E-state index in [1.54, 1.807) is 30.3 Å². The van der Waals surface area contributed by atoms with E-state index in [9.17, 15) is 13.2 Å². The summed E-state index contributed by atoms with van der Waals surface area (Å²) in [7, 11) is -2.27. The van der Waals surface area contributed by atoms with Gasteiger partial charge in [-0.1, -0.05) is 29.3 Å². The first-order valence-corrected chi connectivity index (χ1v) is 10.3. The van der Waals surface area contributed by atoms with Gasteiger partial charge in [0, 0.05) is 12.6 Å². The van der Waals surface area contributed by atoms with Crippen molar-refractivity contribution in [2.45, 2.75) is 11.4 Å². The topological polar surface area (TPSA) is 79.6 Å². The van der Waals surface area contributed by atoms with Crippen molar-refractivity contribution in [3.05, 3.63) is 82.2 Å². The summed E-state index contributed by atoms with van der Waals surface area (Å²) < 4.78 is 31.7. The lowest BCUT2D eigenvalue weighted by molar-refractivity contribution is 0.102. The van der Waals surface area contributed by atoms with Gasteiger partial charge in [-0.25, -0.2) is 8.42 Å². The van der Waals surface area contributed by atoms with Crippen molar-refractivity contribution in [3.63, 3.8) is 0 Å². The smallest absolute Gasteiger partial charge is 0.255 e. The maximum absolute atomic E-state index is 12.7. The van der Waals surface area contributed by atoms with Gasteiger partial charge in [0.15, 0.2) is 0 Å². The fourth-order valence-corrected chi connectivity index (χ4v) is 3.94. The SMILES string of the molecule is CN(Cc1ccco1)S(=O)(=O)c1ccc(C(=O)Nc2cccc(Cl)c2Cl)cc1. The van der Waals surface area contributed by atoms with Gasteiger partial charge in [-0.05, 0) is 48.5 Å². The van der Waals surface area contributed by atoms with Crippen LogP contribution in [0.15, 0.2) is 70.2 Å². The van der Waals surface area contributed by atoms with Crippen molar-refractivity contribution in [1.29, 1.82) is 0 Å². The highest BCUT2D eigenvalue weighted by Crippen LogP contribution is 2.30. The molecule has 146 valence electrons. The minimum Gasteiger partial charge on any atom is -0.468 e. The molecule has 0 saturated heterocycles. The number of amides is 1. The van der Waals surface area contributed by atoms with Gasteiger partial charge < -0.3 is 9.73 Å². The first-order chi connectivity index (χ1) is 13.3. The summed E-state index contributed by atoms with van der Waals surface area (Å²) in [5, 5.41) is 3.20. The Bertz CT molecular complexity index is 1080. The number of hydrogen-bond donors (Lipinski definition) is 1. The number of sulfonamides is 1. The molecule has 1 N–H and O–H groups in total. The Hall–Kier alpha value is -2.32. The lowest BCUT2D eigenvalue weighted by atomic mass is 10.2. The van der Waals surface area contributed by atoms with E-state index in [0.717, 1.165) is 0 Å². The Morgan fingerprint density at radius 2 is 1.79 bits per heavy atom. The average Bonchev–Trinajstić information content (AvgIpc) is 3.18. The molecule has 0 aliphatic rings. The highest BCUT2D eigenvalue weighted by molar-refractivity contribution is 7.89. The molecule has 0 unspecified atom stereocenters. The van der Waals surface area contributed by atoms with Gasteiger partial charge in [0.05, 0.1) is 33.4 Å². The Morgan fingerprint density at radius 1 is 1.07 bits per heavy atom. The van der Waals surface area contributed by atoms with Crippen LogP contribution in [-0.4, -0.2) is 25.7 Å². The average molecular weight is 439 g/mol. The molecule has 1 aromatic heterocycles. The van der Waals surface area contributed by atoms with Gasteiger partial charge in [-0.3, -0.25) is 4.79 Å². The zero-order chi connectivity index (χ0) is 20.3. The molecule has 3 aromatic rings. The van der Waals surface area contributed by atoms with Gasteiger partial charge >= 0.3 is 0 Å². The minimum absolute atomic E-state index is 0.0684. The number of nitrogens with one attached hydrogen (secondary N) is 1. The fraction of sp³-hybridized carbons (Fsp3) is 0.105. The van der Waals surface area contributed by atoms with Crippen LogP contribution < -0.4 is 5.32 Å². The second-order valence-corrected chi connectivity index (χ2v) is 8.75. The summed E-state index contributed by atoms with van der Waals surface area (Å²) in [5.41, 5.74) is 0.651. The number of halogens is 2. The zero-order valence-electron chi connectivity index (χ0n) is 14.7. The van der Waals surface area contributed by atoms with E-state index in [-0.39, 0.29) is 22.0 Å². The third kappa shape index (κ3) is 4.39. The Balaban J connectivity index is 1.75. The predicted molar refractivity (Wildman–Crippen MR) is 108 cm³/mol. The van der Waals surface area contributed by atoms with Crippen LogP contribution >= 0.6 is 23.2 Å². The number of anilines is 1. The number of rotatable bonds is 6. The molecular weight excluding hydrogens is 423 g/mol. The van der Waals surface area contributed by atoms with E-state index in [0.29, 0.717) is 16.5 Å². The van der Waals surface area contributed by atoms with E-state index in [1.807, 2.05) is 0 Å². The maximum Gasteiger partial charge on any atom is 0.255 e. The molecule has 1 amide bonds. The summed E-state index contributed by atoms with van der Waals surface area (Å²) in [4.78, 5) is 12.5. The van der Waals surface area contributed by atoms with E-state index >= 15 is 0 Å². The summed E-state index contributed by atoms with van der Waals surface area (Å²) in [6.45, 7) is 0.102. The lowest BCUT2D eigenvalue weighted by Gasteiger charge is -2.16. The van der Waals surface area contributed by atoms with Gasteiger partial charge in [0.1, 0.15) is 5.76 Å². The Labute approximate surface area is 172 Å². The highest BCUT2D eigenvalue weighted by atomic mass is 35.5. The number of furan rings is 1. The number of hydrogen-bond acceptors (Lipinski definition) is 4. The third-order valence-electron chi connectivity index (χ3n) is 3.98. The Kier molecular flexibility index (Phi) is 6.10. The van der Waals surface area contributed by atoms with Crippen molar-refractivity contribution in [1.82, 2.24) is 4.31 Å². The van der Waals surface area contributed by atoms with Crippen LogP contribution in [0, 0.1) is 0 Å². The van der Waals surface area contributed by atoms with Crippen LogP contribution in [0.5, 0.6) is 0 Å². The number of benzene rings is 2. The summed E-state index contributed by atoms with van der Waals surface area (Å²) in [6.07, 6.45) is 1.48. The van der Waals surface area contributed by atoms with Gasteiger partial charge in [-0.15, -0.1) is 0 Å². The molecule has 0 spiro atoms. The predicted octanol–water partition coefficient (Wildman–Crippen LogP) is 4.66. The summed E-state index contributed by atoms with van der Waals surface area (Å²) >= 11 is 12.0. The van der Waals surface area contributed by atoms with Crippen LogP contribution in [0.2, 0.25) is 10.0 Å². The molecule has 0 fully saturated rings. The van der Waals surface area contributed by atoms with Crippen molar-refractivity contribution >= 4 is 44.8 Å². The first-order valence-electron chi connectivity index (χ1n) is 8.13. The molecule has 2 aromatic carbocycles. The van der Waals surface area contributed by atoms with E-state index in [2.05, 4.69) is 5.32 Å². The van der Waals surface area contributed by atoms with Crippen LogP contribution in [0.3, 0.4) is 0 Å². The van der Waals surface area contributed by atoms with Crippen molar-refractivity contribution in [2.24, 2.45) is 0 Å². The molecule has 0 aliphatic carbocycles. The van der Waals surface area contributed by atoms with Crippen molar-refractivity contribution in [3.8, 4) is 0 Å². The maximum atomic E-state index is 12.7. The van der Waals surface area contributed by atoms with Crippen LogP contribution in [0.1, 0.15) is 16.1 Å². The normalized spacial score (nSPS) is 11.6. The fourth-order valence-electron chi connectivity index (χ4n) is 2.46. The lowest BCUT2D eigenvalue weighted by Crippen LogP contribution is -2.26. The van der Waals surface area contributed by atoms with E-state index in [4.69, 9.17) is 27.6 Å². The second-order valence-electron chi connectivity index (χ2n) is 5.92. The summed E-state index contributed by atoms with van der Waals surface area (Å²) in [5.74, 6) is 0.0949. The zero-order valence-corrected chi connectivity index (χ0v) is 17.1. The molecule has 0 aliphatic heterocycles. The molecule has 28 heavy (non-hydrogen) atoms. The van der Waals surface area contributed by atoms with Crippen LogP contribution in [0.4, 0.5) is 5.69 Å². The largest absolute Gasteiger partial charge is 0.468 e. The summed E-state index contributed by atoms with van der Waals surface area (Å²) in [6, 6.07) is 13.9. The quantitative estimate of drug-likeness (QED) is 0.606. The monoisotopic (exact) mass is 438 g/mol. The molecule has 0 radical (unpaired) electrons. The molecule has 1 heterocycles. The second kappa shape index (κ2) is 8.36. The number of nitrogens with zero attached hydrogens (tertiary/aromatic N) is 1. The molecule has 0 atom stereocenters. The van der Waals surface area contributed by atoms with Gasteiger partial charge in [0.25, 0.3) is 5.91 Å². The van der Waals surface area contributed by atoms with Crippen molar-refractivity contribution in [2.75, 3.05) is 12.4 Å². The molecule has 3 rings (SSSR count). The van der Waals surface area contributed by atoms with Crippen LogP contribution in [-0.2, 0) is 16.6 Å². The van der Waals surface area contributed by atoms with Gasteiger partial charge in [0.2, 0.25) is 10.0 Å². The number of carbonyl (C=O) groups is 1. The molecule has 0 saturated carbocycles. The molecule has 0 bridgehead atoms. The molecular formula is C19H16Cl2N2O4S. The Morgan fingerprint density at radius 3 is 2.43 bits per heavy atom.